The van der Waals surface area contributed by atoms with E-state index in [4.69, 9.17) is 15.9 Å². The Morgan fingerprint density at radius 2 is 2.21 bits per heavy atom. The highest BCUT2D eigenvalue weighted by atomic mass is 32.1. The van der Waals surface area contributed by atoms with Crippen LogP contribution < -0.4 is 4.74 Å². The highest BCUT2D eigenvalue weighted by Gasteiger charge is 2.33. The smallest absolute Gasteiger partial charge is 0.237 e. The molecule has 1 aromatic carbocycles. The van der Waals surface area contributed by atoms with E-state index in [9.17, 15) is 9.90 Å². The Morgan fingerprint density at radius 1 is 1.38 bits per heavy atom. The first-order chi connectivity index (χ1) is 16.4. The Balaban J connectivity index is 1.69. The maximum absolute atomic E-state index is 13.5. The molecular formula is C27H36N2O4S. The topological polar surface area (TPSA) is 62.2 Å². The van der Waals surface area contributed by atoms with E-state index in [0.29, 0.717) is 19.7 Å². The zero-order valence-electron chi connectivity index (χ0n) is 20.5. The largest absolute Gasteiger partial charge is 0.491 e. The van der Waals surface area contributed by atoms with Crippen LogP contribution in [0.15, 0.2) is 29.6 Å². The molecule has 0 saturated carbocycles. The van der Waals surface area contributed by atoms with Crippen molar-refractivity contribution < 1.29 is 19.4 Å². The number of benzene rings is 1. The molecule has 6 nitrogen and oxygen atoms in total. The van der Waals surface area contributed by atoms with Gasteiger partial charge in [0.05, 0.1) is 25.3 Å². The van der Waals surface area contributed by atoms with E-state index in [0.717, 1.165) is 30.7 Å². The molecule has 0 saturated heterocycles. The predicted molar refractivity (Wildman–Crippen MR) is 136 cm³/mol. The van der Waals surface area contributed by atoms with Gasteiger partial charge in [0.25, 0.3) is 0 Å². The normalized spacial score (nSPS) is 16.2. The second-order valence-electron chi connectivity index (χ2n) is 8.84. The third kappa shape index (κ3) is 7.07. The Bertz CT molecular complexity index is 983. The Labute approximate surface area is 207 Å². The van der Waals surface area contributed by atoms with E-state index >= 15 is 0 Å². The fourth-order valence-electron chi connectivity index (χ4n) is 4.44. The number of carbonyl (C=O) groups is 1. The number of terminal acetylenes is 1. The number of fused-ring (bicyclic) bond motifs is 1. The summed E-state index contributed by atoms with van der Waals surface area (Å²) in [6, 6.07) is 8.14. The summed E-state index contributed by atoms with van der Waals surface area (Å²) in [6.45, 7) is 8.92. The predicted octanol–water partition coefficient (Wildman–Crippen LogP) is 3.59. The molecule has 0 unspecified atom stereocenters. The highest BCUT2D eigenvalue weighted by Crippen LogP contribution is 2.34. The maximum atomic E-state index is 13.5. The molecule has 7 heteroatoms. The lowest BCUT2D eigenvalue weighted by molar-refractivity contribution is -0.136. The molecule has 1 aliphatic rings. The lowest BCUT2D eigenvalue weighted by Gasteiger charge is -2.37. The molecule has 2 atom stereocenters. The van der Waals surface area contributed by atoms with Gasteiger partial charge in [0.2, 0.25) is 5.91 Å². The molecule has 1 amide bonds. The van der Waals surface area contributed by atoms with Crippen molar-refractivity contribution in [3.63, 3.8) is 0 Å². The van der Waals surface area contributed by atoms with Crippen LogP contribution in [0, 0.1) is 26.2 Å². The van der Waals surface area contributed by atoms with Gasteiger partial charge in [-0.25, -0.2) is 0 Å². The number of aliphatic hydroxyl groups is 1. The number of carbonyl (C=O) groups excluding carboxylic acids is 1. The van der Waals surface area contributed by atoms with Gasteiger partial charge in [-0.15, -0.1) is 17.8 Å². The number of nitrogens with zero attached hydrogens (tertiary/aromatic N) is 2. The van der Waals surface area contributed by atoms with Crippen molar-refractivity contribution in [2.24, 2.45) is 0 Å². The number of amides is 1. The minimum atomic E-state index is -0.693. The fourth-order valence-corrected chi connectivity index (χ4v) is 5.37. The van der Waals surface area contributed by atoms with Crippen LogP contribution in [0.2, 0.25) is 0 Å². The number of thiophene rings is 1. The first-order valence-corrected chi connectivity index (χ1v) is 12.8. The summed E-state index contributed by atoms with van der Waals surface area (Å²) in [5.41, 5.74) is 3.47. The summed E-state index contributed by atoms with van der Waals surface area (Å²) in [4.78, 5) is 18.8. The summed E-state index contributed by atoms with van der Waals surface area (Å²) in [5, 5.41) is 12.4. The molecule has 2 aromatic rings. The van der Waals surface area contributed by atoms with Crippen LogP contribution in [0.1, 0.15) is 41.0 Å². The van der Waals surface area contributed by atoms with Crippen molar-refractivity contribution in [1.29, 1.82) is 0 Å². The highest BCUT2D eigenvalue weighted by molar-refractivity contribution is 7.10. The molecule has 0 aliphatic carbocycles. The van der Waals surface area contributed by atoms with Gasteiger partial charge in [0.15, 0.2) is 0 Å². The van der Waals surface area contributed by atoms with E-state index in [1.54, 1.807) is 11.3 Å². The molecule has 0 spiro atoms. The van der Waals surface area contributed by atoms with Gasteiger partial charge in [-0.3, -0.25) is 9.69 Å². The first kappa shape index (κ1) is 26.2. The molecule has 1 N–H and O–H groups in total. The van der Waals surface area contributed by atoms with Gasteiger partial charge in [-0.2, -0.15) is 0 Å². The van der Waals surface area contributed by atoms with Crippen molar-refractivity contribution >= 4 is 17.2 Å². The molecule has 2 heterocycles. The molecule has 0 fully saturated rings. The minimum Gasteiger partial charge on any atom is -0.491 e. The monoisotopic (exact) mass is 484 g/mol. The fraction of sp³-hybridized carbons (Fsp3) is 0.519. The van der Waals surface area contributed by atoms with Crippen LogP contribution in [0.3, 0.4) is 0 Å². The van der Waals surface area contributed by atoms with Gasteiger partial charge in [-0.1, -0.05) is 30.5 Å². The van der Waals surface area contributed by atoms with E-state index in [1.165, 1.54) is 16.0 Å². The second-order valence-corrected chi connectivity index (χ2v) is 9.84. The zero-order chi connectivity index (χ0) is 24.5. The van der Waals surface area contributed by atoms with Crippen LogP contribution in [0.4, 0.5) is 0 Å². The molecule has 1 aliphatic heterocycles. The Morgan fingerprint density at radius 3 is 2.94 bits per heavy atom. The molecule has 1 aromatic heterocycles. The average molecular weight is 485 g/mol. The quantitative estimate of drug-likeness (QED) is 0.369. The van der Waals surface area contributed by atoms with E-state index in [2.05, 4.69) is 37.3 Å². The summed E-state index contributed by atoms with van der Waals surface area (Å²) in [5.74, 6) is 3.30. The maximum Gasteiger partial charge on any atom is 0.237 e. The standard InChI is InChI=1S/C27H36N2O4S/c1-5-11-28(16-22(30)18-32-13-6-2)17-27(31)29-12-9-26-23(10-14-34-26)24(29)19-33-25-8-7-20(3)15-21(25)4/h2,7-8,10,14-15,22,24,30H,5,9,11-13,16-19H2,1,3-4H3/t22-,24-/m0/s1. The summed E-state index contributed by atoms with van der Waals surface area (Å²) < 4.78 is 11.5. The van der Waals surface area contributed by atoms with Crippen LogP contribution in [-0.2, 0) is 16.0 Å². The third-order valence-corrected chi connectivity index (χ3v) is 7.00. The summed E-state index contributed by atoms with van der Waals surface area (Å²) in [7, 11) is 0. The molecule has 34 heavy (non-hydrogen) atoms. The number of aryl methyl sites for hydroxylation is 2. The van der Waals surface area contributed by atoms with Gasteiger partial charge in [0, 0.05) is 18.0 Å². The summed E-state index contributed by atoms with van der Waals surface area (Å²) >= 11 is 1.74. The molecule has 3 rings (SSSR count). The Kier molecular flexibility index (Phi) is 9.97. The number of ether oxygens (including phenoxy) is 2. The second kappa shape index (κ2) is 12.9. The molecule has 184 valence electrons. The summed E-state index contributed by atoms with van der Waals surface area (Å²) in [6.07, 6.45) is 6.25. The van der Waals surface area contributed by atoms with Crippen molar-refractivity contribution in [2.75, 3.05) is 46.0 Å². The molecule has 0 bridgehead atoms. The molecule has 0 radical (unpaired) electrons. The number of aliphatic hydroxyl groups excluding tert-OH is 1. The number of rotatable bonds is 12. The van der Waals surface area contributed by atoms with Crippen LogP contribution >= 0.6 is 11.3 Å². The van der Waals surface area contributed by atoms with Gasteiger partial charge >= 0.3 is 0 Å². The van der Waals surface area contributed by atoms with E-state index < -0.39 is 6.10 Å². The minimum absolute atomic E-state index is 0.0521. The van der Waals surface area contributed by atoms with E-state index in [1.807, 2.05) is 28.9 Å². The number of hydrogen-bond acceptors (Lipinski definition) is 6. The van der Waals surface area contributed by atoms with Crippen LogP contribution in [0.5, 0.6) is 5.75 Å². The molecular weight excluding hydrogens is 448 g/mol. The SMILES string of the molecule is C#CCOC[C@@H](O)CN(CCC)CC(=O)N1CCc2sccc2[C@@H]1COc1ccc(C)cc1C. The van der Waals surface area contributed by atoms with Crippen molar-refractivity contribution in [1.82, 2.24) is 9.80 Å². The third-order valence-electron chi connectivity index (χ3n) is 6.01. The first-order valence-electron chi connectivity index (χ1n) is 11.9. The zero-order valence-corrected chi connectivity index (χ0v) is 21.3. The lowest BCUT2D eigenvalue weighted by atomic mass is 10.00. The van der Waals surface area contributed by atoms with Gasteiger partial charge < -0.3 is 19.5 Å². The van der Waals surface area contributed by atoms with Crippen molar-refractivity contribution in [3.8, 4) is 18.1 Å². The van der Waals surface area contributed by atoms with Gasteiger partial charge in [0.1, 0.15) is 19.0 Å². The van der Waals surface area contributed by atoms with Gasteiger partial charge in [-0.05, 0) is 61.9 Å². The van der Waals surface area contributed by atoms with E-state index in [-0.39, 0.29) is 31.7 Å². The lowest BCUT2D eigenvalue weighted by Crippen LogP contribution is -2.48. The Hall–Kier alpha value is -2.37. The van der Waals surface area contributed by atoms with Crippen molar-refractivity contribution in [2.45, 2.75) is 45.8 Å². The average Bonchev–Trinajstić information content (AvgIpc) is 3.28. The van der Waals surface area contributed by atoms with Crippen LogP contribution in [0.25, 0.3) is 0 Å². The van der Waals surface area contributed by atoms with Crippen molar-refractivity contribution in [3.05, 3.63) is 51.2 Å². The number of hydrogen-bond donors (Lipinski definition) is 1. The van der Waals surface area contributed by atoms with Crippen LogP contribution in [-0.4, -0.2) is 72.9 Å².